The van der Waals surface area contributed by atoms with Gasteiger partial charge in [-0.15, -0.1) is 0 Å². The Morgan fingerprint density at radius 2 is 1.69 bits per heavy atom. The van der Waals surface area contributed by atoms with E-state index in [0.29, 0.717) is 24.5 Å². The minimum absolute atomic E-state index is 0.146. The lowest BCUT2D eigenvalue weighted by atomic mass is 10.3. The molecule has 0 radical (unpaired) electrons. The Bertz CT molecular complexity index is 1200. The smallest absolute Gasteiger partial charge is 0.274 e. The first-order valence-electron chi connectivity index (χ1n) is 10.1. The quantitative estimate of drug-likeness (QED) is 0.634. The van der Waals surface area contributed by atoms with Gasteiger partial charge in [0, 0.05) is 24.5 Å². The maximum absolute atomic E-state index is 13.2. The van der Waals surface area contributed by atoms with Gasteiger partial charge in [0.2, 0.25) is 10.0 Å². The Labute approximate surface area is 185 Å². The van der Waals surface area contributed by atoms with Crippen LogP contribution in [0.2, 0.25) is 0 Å². The highest BCUT2D eigenvalue weighted by Crippen LogP contribution is 2.23. The number of morpholine rings is 1. The number of benzene rings is 2. The zero-order valence-electron chi connectivity index (χ0n) is 17.6. The largest absolute Gasteiger partial charge is 0.373 e. The number of imidazole rings is 1. The van der Waals surface area contributed by atoms with Gasteiger partial charge < -0.3 is 10.1 Å². The molecule has 3 aromatic rings. The van der Waals surface area contributed by atoms with Gasteiger partial charge in [0.1, 0.15) is 11.5 Å². The number of sulfonamides is 1. The van der Waals surface area contributed by atoms with E-state index < -0.39 is 15.9 Å². The van der Waals surface area contributed by atoms with Gasteiger partial charge in [-0.2, -0.15) is 4.31 Å². The normalized spacial score (nSPS) is 19.6. The second-order valence-corrected chi connectivity index (χ2v) is 9.62. The van der Waals surface area contributed by atoms with Crippen LogP contribution in [0.5, 0.6) is 0 Å². The number of hydrogen-bond donors (Lipinski definition) is 1. The summed E-state index contributed by atoms with van der Waals surface area (Å²) in [5.41, 5.74) is 1.28. The number of amides is 1. The van der Waals surface area contributed by atoms with Crippen LogP contribution in [0.4, 0.5) is 10.1 Å². The molecule has 10 heteroatoms. The Hall–Kier alpha value is -3.08. The van der Waals surface area contributed by atoms with Gasteiger partial charge in [-0.25, -0.2) is 17.8 Å². The highest BCUT2D eigenvalue weighted by Gasteiger charge is 2.32. The molecule has 1 aliphatic heterocycles. The SMILES string of the molecule is C[C@@H]1CN(S(=O)(=O)c2ccc(NC(=O)c3cncn3-c3ccc(F)cc3)cc2)C[C@@H](C)O1. The number of halogens is 1. The van der Waals surface area contributed by atoms with Gasteiger partial charge in [-0.1, -0.05) is 0 Å². The Kier molecular flexibility index (Phi) is 6.09. The van der Waals surface area contributed by atoms with Crippen molar-refractivity contribution < 1.29 is 22.3 Å². The second-order valence-electron chi connectivity index (χ2n) is 7.68. The van der Waals surface area contributed by atoms with E-state index >= 15 is 0 Å². The van der Waals surface area contributed by atoms with Crippen LogP contribution in [0.15, 0.2) is 66.0 Å². The number of nitrogens with zero attached hydrogens (tertiary/aromatic N) is 3. The third-order valence-electron chi connectivity index (χ3n) is 5.11. The fraction of sp³-hybridized carbons (Fsp3) is 0.273. The van der Waals surface area contributed by atoms with Crippen LogP contribution in [0.25, 0.3) is 5.69 Å². The monoisotopic (exact) mass is 458 g/mol. The van der Waals surface area contributed by atoms with E-state index in [1.807, 2.05) is 13.8 Å². The Morgan fingerprint density at radius 3 is 2.31 bits per heavy atom. The molecule has 0 spiro atoms. The van der Waals surface area contributed by atoms with Crippen molar-refractivity contribution in [3.8, 4) is 5.69 Å². The number of ether oxygens (including phenoxy) is 1. The summed E-state index contributed by atoms with van der Waals surface area (Å²) in [5.74, 6) is -0.811. The van der Waals surface area contributed by atoms with E-state index in [2.05, 4.69) is 10.3 Å². The molecule has 4 rings (SSSR count). The van der Waals surface area contributed by atoms with Gasteiger partial charge in [0.05, 0.1) is 29.6 Å². The second kappa shape index (κ2) is 8.81. The van der Waals surface area contributed by atoms with Crippen LogP contribution in [0.1, 0.15) is 24.3 Å². The molecule has 8 nitrogen and oxygen atoms in total. The molecule has 0 unspecified atom stereocenters. The van der Waals surface area contributed by atoms with Crippen molar-refractivity contribution in [1.82, 2.24) is 13.9 Å². The van der Waals surface area contributed by atoms with Gasteiger partial charge in [0.15, 0.2) is 0 Å². The van der Waals surface area contributed by atoms with E-state index in [4.69, 9.17) is 4.74 Å². The van der Waals surface area contributed by atoms with Crippen LogP contribution >= 0.6 is 0 Å². The average Bonchev–Trinajstić information content (AvgIpc) is 3.24. The highest BCUT2D eigenvalue weighted by atomic mass is 32.2. The van der Waals surface area contributed by atoms with E-state index in [1.165, 1.54) is 57.8 Å². The predicted molar refractivity (Wildman–Crippen MR) is 117 cm³/mol. The summed E-state index contributed by atoms with van der Waals surface area (Å²) in [7, 11) is -3.67. The topological polar surface area (TPSA) is 93.5 Å². The molecule has 2 aromatic carbocycles. The predicted octanol–water partition coefficient (Wildman–Crippen LogP) is 3.06. The van der Waals surface area contributed by atoms with Crippen molar-refractivity contribution in [2.24, 2.45) is 0 Å². The molecule has 2 heterocycles. The third kappa shape index (κ3) is 4.57. The molecule has 1 amide bonds. The first-order valence-corrected chi connectivity index (χ1v) is 11.5. The molecule has 0 aliphatic carbocycles. The van der Waals surface area contributed by atoms with Crippen molar-refractivity contribution in [2.45, 2.75) is 31.0 Å². The number of hydrogen-bond acceptors (Lipinski definition) is 5. The number of nitrogens with one attached hydrogen (secondary N) is 1. The molecule has 1 aliphatic rings. The van der Waals surface area contributed by atoms with Gasteiger partial charge in [-0.05, 0) is 62.4 Å². The molecule has 0 bridgehead atoms. The molecule has 1 aromatic heterocycles. The first-order chi connectivity index (χ1) is 15.2. The summed E-state index contributed by atoms with van der Waals surface area (Å²) in [5, 5.41) is 2.74. The number of carbonyl (C=O) groups excluding carboxylic acids is 1. The van der Waals surface area contributed by atoms with E-state index in [-0.39, 0.29) is 28.6 Å². The Balaban J connectivity index is 1.49. The van der Waals surface area contributed by atoms with Gasteiger partial charge in [0.25, 0.3) is 5.91 Å². The molecule has 2 atom stereocenters. The molecule has 1 saturated heterocycles. The van der Waals surface area contributed by atoms with Crippen LogP contribution in [0.3, 0.4) is 0 Å². The van der Waals surface area contributed by atoms with Crippen molar-refractivity contribution >= 4 is 21.6 Å². The van der Waals surface area contributed by atoms with E-state index in [1.54, 1.807) is 12.1 Å². The standard InChI is InChI=1S/C22H23FN4O4S/c1-15-12-26(13-16(2)31-15)32(29,30)20-9-5-18(6-10-20)25-22(28)21-11-24-14-27(21)19-7-3-17(23)4-8-19/h3-11,14-16H,12-13H2,1-2H3,(H,25,28)/t15-,16-/m1/s1. The van der Waals surface area contributed by atoms with Crippen LogP contribution in [-0.4, -0.2) is 53.5 Å². The minimum Gasteiger partial charge on any atom is -0.373 e. The zero-order chi connectivity index (χ0) is 22.9. The third-order valence-corrected chi connectivity index (χ3v) is 6.96. The van der Waals surface area contributed by atoms with Crippen molar-refractivity contribution in [1.29, 1.82) is 0 Å². The van der Waals surface area contributed by atoms with E-state index in [9.17, 15) is 17.6 Å². The maximum Gasteiger partial charge on any atom is 0.274 e. The van der Waals surface area contributed by atoms with Crippen LogP contribution in [-0.2, 0) is 14.8 Å². The lowest BCUT2D eigenvalue weighted by Gasteiger charge is -2.34. The van der Waals surface area contributed by atoms with Crippen molar-refractivity contribution in [3.63, 3.8) is 0 Å². The molecular weight excluding hydrogens is 435 g/mol. The number of carbonyl (C=O) groups is 1. The van der Waals surface area contributed by atoms with E-state index in [0.717, 1.165) is 0 Å². The number of rotatable bonds is 5. The fourth-order valence-corrected chi connectivity index (χ4v) is 5.24. The van der Waals surface area contributed by atoms with Crippen LogP contribution < -0.4 is 5.32 Å². The van der Waals surface area contributed by atoms with Crippen molar-refractivity contribution in [2.75, 3.05) is 18.4 Å². The van der Waals surface area contributed by atoms with Crippen molar-refractivity contribution in [3.05, 3.63) is 72.6 Å². The van der Waals surface area contributed by atoms with Gasteiger partial charge >= 0.3 is 0 Å². The molecule has 168 valence electrons. The fourth-order valence-electron chi connectivity index (χ4n) is 3.65. The lowest BCUT2D eigenvalue weighted by Crippen LogP contribution is -2.48. The summed E-state index contributed by atoms with van der Waals surface area (Å²) >= 11 is 0. The first kappa shape index (κ1) is 22.1. The molecule has 32 heavy (non-hydrogen) atoms. The summed E-state index contributed by atoms with van der Waals surface area (Å²) in [6.45, 7) is 4.26. The summed E-state index contributed by atoms with van der Waals surface area (Å²) in [6.07, 6.45) is 2.50. The Morgan fingerprint density at radius 1 is 1.06 bits per heavy atom. The zero-order valence-corrected chi connectivity index (χ0v) is 18.4. The lowest BCUT2D eigenvalue weighted by molar-refractivity contribution is -0.0440. The number of anilines is 1. The molecular formula is C22H23FN4O4S. The molecule has 0 saturated carbocycles. The molecule has 1 N–H and O–H groups in total. The minimum atomic E-state index is -3.67. The van der Waals surface area contributed by atoms with Gasteiger partial charge in [-0.3, -0.25) is 9.36 Å². The highest BCUT2D eigenvalue weighted by molar-refractivity contribution is 7.89. The summed E-state index contributed by atoms with van der Waals surface area (Å²) in [6, 6.07) is 11.7. The maximum atomic E-state index is 13.2. The summed E-state index contributed by atoms with van der Waals surface area (Å²) < 4.78 is 47.7. The molecule has 1 fully saturated rings. The number of aromatic nitrogens is 2. The average molecular weight is 459 g/mol. The summed E-state index contributed by atoms with van der Waals surface area (Å²) in [4.78, 5) is 16.9. The van der Waals surface area contributed by atoms with Crippen LogP contribution in [0, 0.1) is 5.82 Å².